The van der Waals surface area contributed by atoms with Gasteiger partial charge >= 0.3 is 0 Å². The second kappa shape index (κ2) is 6.65. The van der Waals surface area contributed by atoms with Crippen LogP contribution in [0, 0.1) is 5.82 Å². The van der Waals surface area contributed by atoms with Crippen molar-refractivity contribution in [3.8, 4) is 0 Å². The monoisotopic (exact) mass is 330 g/mol. The van der Waals surface area contributed by atoms with Crippen LogP contribution in [0.15, 0.2) is 78.2 Å². The van der Waals surface area contributed by atoms with Crippen molar-refractivity contribution in [2.45, 2.75) is 0 Å². The molecule has 25 heavy (non-hydrogen) atoms. The van der Waals surface area contributed by atoms with Gasteiger partial charge in [-0.25, -0.2) is 19.4 Å². The van der Waals surface area contributed by atoms with E-state index in [2.05, 4.69) is 15.3 Å². The molecule has 0 atom stereocenters. The molecule has 0 fully saturated rings. The van der Waals surface area contributed by atoms with Crippen molar-refractivity contribution in [1.29, 1.82) is 0 Å². The molecule has 0 amide bonds. The number of halogens is 1. The predicted molar refractivity (Wildman–Crippen MR) is 96.2 cm³/mol. The first-order valence-electron chi connectivity index (χ1n) is 7.95. The standard InChI is InChI=1S/C20H15FN4/c21-16-8-6-15(7-9-16)19-20(17-10-11-22-13-24-17)23-12-18(25-19)14-4-2-1-3-5-14/h1-11,13,23H,12H2. The lowest BCUT2D eigenvalue weighted by Crippen LogP contribution is -2.27. The van der Waals surface area contributed by atoms with Crippen molar-refractivity contribution in [3.05, 3.63) is 95.8 Å². The summed E-state index contributed by atoms with van der Waals surface area (Å²) in [5.74, 6) is -0.274. The van der Waals surface area contributed by atoms with Crippen molar-refractivity contribution in [1.82, 2.24) is 15.3 Å². The van der Waals surface area contributed by atoms with E-state index in [-0.39, 0.29) is 5.82 Å². The van der Waals surface area contributed by atoms with E-state index >= 15 is 0 Å². The van der Waals surface area contributed by atoms with E-state index in [1.807, 2.05) is 36.4 Å². The second-order valence-corrected chi connectivity index (χ2v) is 5.60. The minimum Gasteiger partial charge on any atom is -0.376 e. The maximum Gasteiger partial charge on any atom is 0.123 e. The molecule has 1 aliphatic heterocycles. The van der Waals surface area contributed by atoms with Gasteiger partial charge in [-0.3, -0.25) is 0 Å². The molecule has 4 rings (SSSR count). The fourth-order valence-electron chi connectivity index (χ4n) is 2.75. The summed E-state index contributed by atoms with van der Waals surface area (Å²) < 4.78 is 13.3. The maximum atomic E-state index is 13.3. The first-order chi connectivity index (χ1) is 12.3. The number of nitrogens with one attached hydrogen (secondary N) is 1. The average molecular weight is 330 g/mol. The van der Waals surface area contributed by atoms with Gasteiger partial charge in [-0.05, 0) is 35.9 Å². The highest BCUT2D eigenvalue weighted by molar-refractivity contribution is 6.09. The van der Waals surface area contributed by atoms with E-state index in [9.17, 15) is 4.39 Å². The summed E-state index contributed by atoms with van der Waals surface area (Å²) in [6.45, 7) is 0.591. The molecule has 3 aromatic rings. The average Bonchev–Trinajstić information content (AvgIpc) is 2.69. The van der Waals surface area contributed by atoms with Gasteiger partial charge in [-0.2, -0.15) is 0 Å². The van der Waals surface area contributed by atoms with Gasteiger partial charge in [0.1, 0.15) is 12.1 Å². The van der Waals surface area contributed by atoms with Crippen LogP contribution in [0.5, 0.6) is 0 Å². The molecule has 0 bridgehead atoms. The van der Waals surface area contributed by atoms with Crippen LogP contribution in [0.1, 0.15) is 16.8 Å². The molecule has 0 saturated carbocycles. The van der Waals surface area contributed by atoms with Crippen LogP contribution in [-0.2, 0) is 0 Å². The van der Waals surface area contributed by atoms with Gasteiger partial charge in [0.05, 0.1) is 29.3 Å². The van der Waals surface area contributed by atoms with Crippen molar-refractivity contribution in [2.75, 3.05) is 6.54 Å². The van der Waals surface area contributed by atoms with E-state index in [4.69, 9.17) is 4.99 Å². The molecule has 0 aliphatic carbocycles. The Balaban J connectivity index is 1.87. The fraction of sp³-hybridized carbons (Fsp3) is 0.0500. The molecule has 0 saturated heterocycles. The minimum atomic E-state index is -0.274. The van der Waals surface area contributed by atoms with Crippen LogP contribution in [0.3, 0.4) is 0 Å². The Hall–Kier alpha value is -3.34. The van der Waals surface area contributed by atoms with E-state index in [0.29, 0.717) is 6.54 Å². The molecule has 0 radical (unpaired) electrons. The summed E-state index contributed by atoms with van der Waals surface area (Å²) in [5.41, 5.74) is 5.12. The predicted octanol–water partition coefficient (Wildman–Crippen LogP) is 3.53. The lowest BCUT2D eigenvalue weighted by Gasteiger charge is -2.21. The van der Waals surface area contributed by atoms with Crippen LogP contribution < -0.4 is 5.32 Å². The number of benzene rings is 2. The van der Waals surface area contributed by atoms with Gasteiger partial charge in [0.25, 0.3) is 0 Å². The van der Waals surface area contributed by atoms with E-state index < -0.39 is 0 Å². The third-order valence-corrected chi connectivity index (χ3v) is 3.98. The van der Waals surface area contributed by atoms with Gasteiger partial charge in [-0.15, -0.1) is 0 Å². The molecule has 0 spiro atoms. The van der Waals surface area contributed by atoms with Crippen LogP contribution in [0.4, 0.5) is 4.39 Å². The third-order valence-electron chi connectivity index (χ3n) is 3.98. The molecule has 1 N–H and O–H groups in total. The number of aromatic nitrogens is 2. The number of hydrogen-bond acceptors (Lipinski definition) is 4. The van der Waals surface area contributed by atoms with Crippen molar-refractivity contribution >= 4 is 17.1 Å². The highest BCUT2D eigenvalue weighted by atomic mass is 19.1. The second-order valence-electron chi connectivity index (χ2n) is 5.60. The highest BCUT2D eigenvalue weighted by Crippen LogP contribution is 2.28. The molecule has 2 aromatic carbocycles. The summed E-state index contributed by atoms with van der Waals surface area (Å²) in [5, 5.41) is 3.41. The van der Waals surface area contributed by atoms with Crippen LogP contribution in [-0.4, -0.2) is 22.2 Å². The lowest BCUT2D eigenvalue weighted by atomic mass is 10.0. The SMILES string of the molecule is Fc1ccc(C2=C(c3ccncn3)NCC(c3ccccc3)=N2)cc1. The number of aliphatic imine (C=N–C) groups is 1. The molecule has 2 heterocycles. The molecule has 122 valence electrons. The Morgan fingerprint density at radius 1 is 0.880 bits per heavy atom. The summed E-state index contributed by atoms with van der Waals surface area (Å²) in [4.78, 5) is 13.1. The zero-order chi connectivity index (χ0) is 17.1. The normalized spacial score (nSPS) is 14.0. The first-order valence-corrected chi connectivity index (χ1v) is 7.95. The van der Waals surface area contributed by atoms with Crippen LogP contribution >= 0.6 is 0 Å². The van der Waals surface area contributed by atoms with E-state index in [1.165, 1.54) is 18.5 Å². The van der Waals surface area contributed by atoms with Gasteiger partial charge in [0.2, 0.25) is 0 Å². The van der Waals surface area contributed by atoms with Crippen molar-refractivity contribution in [2.24, 2.45) is 4.99 Å². The summed E-state index contributed by atoms with van der Waals surface area (Å²) in [6.07, 6.45) is 3.19. The molecular weight excluding hydrogens is 315 g/mol. The topological polar surface area (TPSA) is 50.2 Å². The van der Waals surface area contributed by atoms with Gasteiger partial charge in [0, 0.05) is 11.8 Å². The summed E-state index contributed by atoms with van der Waals surface area (Å²) in [6, 6.07) is 18.2. The molecule has 4 nitrogen and oxygen atoms in total. The molecule has 0 unspecified atom stereocenters. The smallest absolute Gasteiger partial charge is 0.123 e. The molecule has 1 aromatic heterocycles. The highest BCUT2D eigenvalue weighted by Gasteiger charge is 2.19. The molecule has 5 heteroatoms. The Kier molecular flexibility index (Phi) is 4.04. The minimum absolute atomic E-state index is 0.274. The third kappa shape index (κ3) is 3.17. The van der Waals surface area contributed by atoms with Crippen LogP contribution in [0.2, 0.25) is 0 Å². The van der Waals surface area contributed by atoms with E-state index in [1.54, 1.807) is 18.3 Å². The Morgan fingerprint density at radius 2 is 1.68 bits per heavy atom. The largest absolute Gasteiger partial charge is 0.376 e. The maximum absolute atomic E-state index is 13.3. The lowest BCUT2D eigenvalue weighted by molar-refractivity contribution is 0.627. The number of hydrogen-bond donors (Lipinski definition) is 1. The van der Waals surface area contributed by atoms with Gasteiger partial charge in [-0.1, -0.05) is 30.3 Å². The number of nitrogens with zero attached hydrogens (tertiary/aromatic N) is 3. The summed E-state index contributed by atoms with van der Waals surface area (Å²) in [7, 11) is 0. The first kappa shape index (κ1) is 15.2. The number of rotatable bonds is 3. The van der Waals surface area contributed by atoms with Gasteiger partial charge in [0.15, 0.2) is 0 Å². The fourth-order valence-corrected chi connectivity index (χ4v) is 2.75. The van der Waals surface area contributed by atoms with Crippen molar-refractivity contribution in [3.63, 3.8) is 0 Å². The molecule has 1 aliphatic rings. The zero-order valence-corrected chi connectivity index (χ0v) is 13.4. The van der Waals surface area contributed by atoms with Crippen LogP contribution in [0.25, 0.3) is 11.4 Å². The van der Waals surface area contributed by atoms with Crippen molar-refractivity contribution < 1.29 is 4.39 Å². The summed E-state index contributed by atoms with van der Waals surface area (Å²) >= 11 is 0. The zero-order valence-electron chi connectivity index (χ0n) is 13.4. The Bertz CT molecular complexity index is 932. The van der Waals surface area contributed by atoms with E-state index in [0.717, 1.165) is 33.9 Å². The Morgan fingerprint density at radius 3 is 2.40 bits per heavy atom. The van der Waals surface area contributed by atoms with Gasteiger partial charge < -0.3 is 5.32 Å². The molecular formula is C20H15FN4. The quantitative estimate of drug-likeness (QED) is 0.799. The Labute approximate surface area is 144 Å².